The van der Waals surface area contributed by atoms with E-state index in [1.54, 1.807) is 0 Å². The van der Waals surface area contributed by atoms with Crippen LogP contribution in [0.5, 0.6) is 11.5 Å². The highest BCUT2D eigenvalue weighted by Gasteiger charge is 2.12. The summed E-state index contributed by atoms with van der Waals surface area (Å²) in [6.45, 7) is 4.18. The molecule has 94 valence electrons. The molecule has 1 atom stereocenters. The maximum absolute atomic E-state index is 9.09. The SMILES string of the molecule is CCC(CO)NCc1ccc2c(c1)OCCO2. The van der Waals surface area contributed by atoms with E-state index in [9.17, 15) is 0 Å². The summed E-state index contributed by atoms with van der Waals surface area (Å²) in [5, 5.41) is 12.4. The molecule has 1 aromatic rings. The van der Waals surface area contributed by atoms with Crippen molar-refractivity contribution in [2.75, 3.05) is 19.8 Å². The maximum atomic E-state index is 9.09. The van der Waals surface area contributed by atoms with E-state index in [2.05, 4.69) is 12.2 Å². The van der Waals surface area contributed by atoms with Crippen molar-refractivity contribution in [2.24, 2.45) is 0 Å². The van der Waals surface area contributed by atoms with Crippen molar-refractivity contribution < 1.29 is 14.6 Å². The molecule has 1 aliphatic heterocycles. The smallest absolute Gasteiger partial charge is 0.161 e. The number of ether oxygens (including phenoxy) is 2. The molecular formula is C13H19NO3. The molecule has 0 aliphatic carbocycles. The molecule has 1 aliphatic rings. The van der Waals surface area contributed by atoms with Crippen LogP contribution in [-0.4, -0.2) is 31.0 Å². The molecule has 2 N–H and O–H groups in total. The fourth-order valence-corrected chi connectivity index (χ4v) is 1.80. The van der Waals surface area contributed by atoms with Gasteiger partial charge in [0.05, 0.1) is 6.61 Å². The number of fused-ring (bicyclic) bond motifs is 1. The highest BCUT2D eigenvalue weighted by atomic mass is 16.6. The van der Waals surface area contributed by atoms with E-state index in [0.717, 1.165) is 30.0 Å². The minimum atomic E-state index is 0.156. The molecule has 2 rings (SSSR count). The lowest BCUT2D eigenvalue weighted by atomic mass is 10.1. The molecule has 0 amide bonds. The van der Waals surface area contributed by atoms with E-state index < -0.39 is 0 Å². The fourth-order valence-electron chi connectivity index (χ4n) is 1.80. The quantitative estimate of drug-likeness (QED) is 0.811. The largest absolute Gasteiger partial charge is 0.486 e. The van der Waals surface area contributed by atoms with E-state index in [4.69, 9.17) is 14.6 Å². The summed E-state index contributed by atoms with van der Waals surface area (Å²) in [4.78, 5) is 0. The van der Waals surface area contributed by atoms with Crippen LogP contribution in [0.15, 0.2) is 18.2 Å². The standard InChI is InChI=1S/C13H19NO3/c1-2-11(9-15)14-8-10-3-4-12-13(7-10)17-6-5-16-12/h3-4,7,11,14-15H,2,5-6,8-9H2,1H3. The van der Waals surface area contributed by atoms with Crippen molar-refractivity contribution in [3.05, 3.63) is 23.8 Å². The highest BCUT2D eigenvalue weighted by Crippen LogP contribution is 2.30. The molecule has 0 saturated heterocycles. The third-order valence-electron chi connectivity index (χ3n) is 2.91. The molecule has 0 fully saturated rings. The van der Waals surface area contributed by atoms with Crippen molar-refractivity contribution in [1.29, 1.82) is 0 Å². The summed E-state index contributed by atoms with van der Waals surface area (Å²) < 4.78 is 11.0. The van der Waals surface area contributed by atoms with E-state index in [-0.39, 0.29) is 12.6 Å². The predicted molar refractivity (Wildman–Crippen MR) is 65.4 cm³/mol. The second-order valence-electron chi connectivity index (χ2n) is 4.15. The van der Waals surface area contributed by atoms with Gasteiger partial charge in [0.2, 0.25) is 0 Å². The average molecular weight is 237 g/mol. The van der Waals surface area contributed by atoms with Crippen molar-refractivity contribution in [3.8, 4) is 11.5 Å². The van der Waals surface area contributed by atoms with Crippen LogP contribution in [0, 0.1) is 0 Å². The van der Waals surface area contributed by atoms with Gasteiger partial charge in [0.15, 0.2) is 11.5 Å². The molecule has 1 aromatic carbocycles. The van der Waals surface area contributed by atoms with Crippen LogP contribution < -0.4 is 14.8 Å². The Bertz CT molecular complexity index is 364. The Morgan fingerprint density at radius 3 is 2.76 bits per heavy atom. The molecule has 0 spiro atoms. The Balaban J connectivity index is 1.97. The van der Waals surface area contributed by atoms with Crippen LogP contribution in [0.2, 0.25) is 0 Å². The normalized spacial score (nSPS) is 15.6. The number of rotatable bonds is 5. The second-order valence-corrected chi connectivity index (χ2v) is 4.15. The first-order valence-corrected chi connectivity index (χ1v) is 6.06. The van der Waals surface area contributed by atoms with Crippen LogP contribution in [0.25, 0.3) is 0 Å². The Morgan fingerprint density at radius 2 is 2.06 bits per heavy atom. The van der Waals surface area contributed by atoms with Gasteiger partial charge in [-0.2, -0.15) is 0 Å². The first kappa shape index (κ1) is 12.2. The third-order valence-corrected chi connectivity index (χ3v) is 2.91. The predicted octanol–water partition coefficient (Wildman–Crippen LogP) is 1.32. The molecule has 0 saturated carbocycles. The summed E-state index contributed by atoms with van der Waals surface area (Å²) in [7, 11) is 0. The molecular weight excluding hydrogens is 218 g/mol. The lowest BCUT2D eigenvalue weighted by Gasteiger charge is -2.19. The van der Waals surface area contributed by atoms with Crippen LogP contribution in [0.3, 0.4) is 0 Å². The van der Waals surface area contributed by atoms with Gasteiger partial charge in [0, 0.05) is 12.6 Å². The fraction of sp³-hybridized carbons (Fsp3) is 0.538. The zero-order chi connectivity index (χ0) is 12.1. The van der Waals surface area contributed by atoms with Crippen molar-refractivity contribution >= 4 is 0 Å². The summed E-state index contributed by atoms with van der Waals surface area (Å²) in [5.41, 5.74) is 1.14. The van der Waals surface area contributed by atoms with E-state index >= 15 is 0 Å². The number of nitrogens with one attached hydrogen (secondary N) is 1. The van der Waals surface area contributed by atoms with Gasteiger partial charge in [-0.1, -0.05) is 13.0 Å². The minimum Gasteiger partial charge on any atom is -0.486 e. The number of hydrogen-bond acceptors (Lipinski definition) is 4. The summed E-state index contributed by atoms with van der Waals surface area (Å²) >= 11 is 0. The topological polar surface area (TPSA) is 50.7 Å². The zero-order valence-corrected chi connectivity index (χ0v) is 10.1. The van der Waals surface area contributed by atoms with Crippen molar-refractivity contribution in [1.82, 2.24) is 5.32 Å². The van der Waals surface area contributed by atoms with Gasteiger partial charge in [-0.05, 0) is 24.1 Å². The number of benzene rings is 1. The minimum absolute atomic E-state index is 0.156. The molecule has 4 heteroatoms. The Hall–Kier alpha value is -1.26. The molecule has 0 radical (unpaired) electrons. The number of aliphatic hydroxyl groups is 1. The van der Waals surface area contributed by atoms with E-state index in [1.807, 2.05) is 18.2 Å². The summed E-state index contributed by atoms with van der Waals surface area (Å²) in [6.07, 6.45) is 0.918. The average Bonchev–Trinajstić information content (AvgIpc) is 2.40. The summed E-state index contributed by atoms with van der Waals surface area (Å²) in [6, 6.07) is 6.10. The molecule has 4 nitrogen and oxygen atoms in total. The Morgan fingerprint density at radius 1 is 1.29 bits per heavy atom. The molecule has 1 unspecified atom stereocenters. The van der Waals surface area contributed by atoms with Gasteiger partial charge in [0.25, 0.3) is 0 Å². The number of hydrogen-bond donors (Lipinski definition) is 2. The van der Waals surface area contributed by atoms with E-state index in [0.29, 0.717) is 13.2 Å². The Kier molecular flexibility index (Phi) is 4.23. The Labute approximate surface area is 102 Å². The van der Waals surface area contributed by atoms with E-state index in [1.165, 1.54) is 0 Å². The van der Waals surface area contributed by atoms with Gasteiger partial charge in [-0.3, -0.25) is 0 Å². The van der Waals surface area contributed by atoms with Crippen LogP contribution >= 0.6 is 0 Å². The molecule has 0 bridgehead atoms. The molecule has 0 aromatic heterocycles. The van der Waals surface area contributed by atoms with Crippen molar-refractivity contribution in [3.63, 3.8) is 0 Å². The lowest BCUT2D eigenvalue weighted by molar-refractivity contribution is 0.171. The monoisotopic (exact) mass is 237 g/mol. The number of aliphatic hydroxyl groups excluding tert-OH is 1. The highest BCUT2D eigenvalue weighted by molar-refractivity contribution is 5.43. The maximum Gasteiger partial charge on any atom is 0.161 e. The van der Waals surface area contributed by atoms with Gasteiger partial charge in [0.1, 0.15) is 13.2 Å². The lowest BCUT2D eigenvalue weighted by Crippen LogP contribution is -2.31. The first-order chi connectivity index (χ1) is 8.33. The van der Waals surface area contributed by atoms with Gasteiger partial charge >= 0.3 is 0 Å². The summed E-state index contributed by atoms with van der Waals surface area (Å²) in [5.74, 6) is 1.63. The van der Waals surface area contributed by atoms with Crippen LogP contribution in [-0.2, 0) is 6.54 Å². The molecule has 1 heterocycles. The van der Waals surface area contributed by atoms with Crippen LogP contribution in [0.4, 0.5) is 0 Å². The van der Waals surface area contributed by atoms with Crippen LogP contribution in [0.1, 0.15) is 18.9 Å². The molecule has 17 heavy (non-hydrogen) atoms. The van der Waals surface area contributed by atoms with Gasteiger partial charge < -0.3 is 19.9 Å². The van der Waals surface area contributed by atoms with Gasteiger partial charge in [-0.25, -0.2) is 0 Å². The third kappa shape index (κ3) is 3.11. The zero-order valence-electron chi connectivity index (χ0n) is 10.1. The van der Waals surface area contributed by atoms with Gasteiger partial charge in [-0.15, -0.1) is 0 Å². The second kappa shape index (κ2) is 5.89. The first-order valence-electron chi connectivity index (χ1n) is 6.06. The van der Waals surface area contributed by atoms with Crippen molar-refractivity contribution in [2.45, 2.75) is 25.9 Å².